The molecule has 1 atom stereocenters. The van der Waals surface area contributed by atoms with Crippen LogP contribution in [0, 0.1) is 10.8 Å². The Hall–Kier alpha value is -1.35. The number of esters is 1. The van der Waals surface area contributed by atoms with E-state index in [4.69, 9.17) is 9.84 Å². The zero-order valence-electron chi connectivity index (χ0n) is 17.7. The second-order valence-corrected chi connectivity index (χ2v) is 8.73. The van der Waals surface area contributed by atoms with E-state index in [1.54, 1.807) is 0 Å². The van der Waals surface area contributed by atoms with Crippen LogP contribution in [-0.2, 0) is 9.53 Å². The fourth-order valence-corrected chi connectivity index (χ4v) is 3.50. The van der Waals surface area contributed by atoms with E-state index in [1.165, 1.54) is 16.7 Å². The van der Waals surface area contributed by atoms with E-state index in [-0.39, 0.29) is 24.6 Å². The topological polar surface area (TPSA) is 46.5 Å². The molecular formula is C23H38O3. The lowest BCUT2D eigenvalue weighted by atomic mass is 9.59. The van der Waals surface area contributed by atoms with E-state index in [2.05, 4.69) is 52.8 Å². The first-order valence-electron chi connectivity index (χ1n) is 9.87. The lowest BCUT2D eigenvalue weighted by Crippen LogP contribution is -2.45. The largest absolute Gasteiger partial charge is 0.463 e. The Balaban J connectivity index is 2.61. The summed E-state index contributed by atoms with van der Waals surface area (Å²) in [7, 11) is 0. The van der Waals surface area contributed by atoms with Gasteiger partial charge in [-0.05, 0) is 71.6 Å². The van der Waals surface area contributed by atoms with Gasteiger partial charge in [0.2, 0.25) is 0 Å². The Bertz CT molecular complexity index is 562. The molecule has 1 rings (SSSR count). The Kier molecular flexibility index (Phi) is 8.82. The SMILES string of the molecule is CC(C)=CCCC(C)=CCCC1=CCC(C)(C(=O)OCCO)C(C)(C)C1. The Morgan fingerprint density at radius 1 is 1.19 bits per heavy atom. The maximum atomic E-state index is 12.5. The molecule has 1 unspecified atom stereocenters. The minimum absolute atomic E-state index is 0.0812. The van der Waals surface area contributed by atoms with Gasteiger partial charge in [-0.3, -0.25) is 4.79 Å². The predicted molar refractivity (Wildman–Crippen MR) is 109 cm³/mol. The molecule has 3 nitrogen and oxygen atoms in total. The van der Waals surface area contributed by atoms with Gasteiger partial charge in [-0.2, -0.15) is 0 Å². The Morgan fingerprint density at radius 3 is 2.46 bits per heavy atom. The van der Waals surface area contributed by atoms with Crippen molar-refractivity contribution in [3.8, 4) is 0 Å². The molecule has 1 aliphatic rings. The first-order valence-corrected chi connectivity index (χ1v) is 9.87. The van der Waals surface area contributed by atoms with Crippen molar-refractivity contribution in [3.05, 3.63) is 34.9 Å². The predicted octanol–water partition coefficient (Wildman–Crippen LogP) is 5.75. The number of ether oxygens (including phenoxy) is 1. The molecule has 0 saturated heterocycles. The summed E-state index contributed by atoms with van der Waals surface area (Å²) >= 11 is 0. The molecule has 0 aromatic heterocycles. The maximum absolute atomic E-state index is 12.5. The summed E-state index contributed by atoms with van der Waals surface area (Å²) in [5, 5.41) is 8.89. The van der Waals surface area contributed by atoms with Crippen molar-refractivity contribution < 1.29 is 14.6 Å². The van der Waals surface area contributed by atoms with Gasteiger partial charge in [0.05, 0.1) is 12.0 Å². The lowest BCUT2D eigenvalue weighted by Gasteiger charge is -2.45. The third kappa shape index (κ3) is 6.42. The number of allylic oxidation sites excluding steroid dienone is 6. The van der Waals surface area contributed by atoms with Crippen molar-refractivity contribution in [2.75, 3.05) is 13.2 Å². The van der Waals surface area contributed by atoms with Gasteiger partial charge < -0.3 is 9.84 Å². The molecule has 148 valence electrons. The van der Waals surface area contributed by atoms with E-state index in [0.29, 0.717) is 6.42 Å². The smallest absolute Gasteiger partial charge is 0.312 e. The van der Waals surface area contributed by atoms with Crippen LogP contribution in [0.3, 0.4) is 0 Å². The zero-order chi connectivity index (χ0) is 19.8. The highest BCUT2D eigenvalue weighted by atomic mass is 16.5. The van der Waals surface area contributed by atoms with E-state index in [0.717, 1.165) is 32.1 Å². The van der Waals surface area contributed by atoms with Crippen LogP contribution in [0.1, 0.15) is 80.1 Å². The highest BCUT2D eigenvalue weighted by Gasteiger charge is 2.49. The number of hydrogen-bond donors (Lipinski definition) is 1. The molecule has 0 heterocycles. The fraction of sp³-hybridized carbons (Fsp3) is 0.696. The summed E-state index contributed by atoms with van der Waals surface area (Å²) in [5.41, 5.74) is 3.60. The Labute approximate surface area is 160 Å². The molecule has 3 heteroatoms. The summed E-state index contributed by atoms with van der Waals surface area (Å²) in [5.74, 6) is -0.193. The van der Waals surface area contributed by atoms with Gasteiger partial charge in [0.15, 0.2) is 0 Å². The van der Waals surface area contributed by atoms with E-state index >= 15 is 0 Å². The molecule has 0 amide bonds. The van der Waals surface area contributed by atoms with E-state index < -0.39 is 5.41 Å². The molecule has 0 spiro atoms. The van der Waals surface area contributed by atoms with Crippen molar-refractivity contribution in [1.29, 1.82) is 0 Å². The summed E-state index contributed by atoms with van der Waals surface area (Å²) in [4.78, 5) is 12.5. The second-order valence-electron chi connectivity index (χ2n) is 8.73. The molecule has 0 saturated carbocycles. The van der Waals surface area contributed by atoms with Crippen LogP contribution in [0.4, 0.5) is 0 Å². The molecule has 0 fully saturated rings. The normalized spacial score (nSPS) is 22.6. The minimum Gasteiger partial charge on any atom is -0.463 e. The first kappa shape index (κ1) is 22.7. The van der Waals surface area contributed by atoms with Crippen LogP contribution in [0.15, 0.2) is 34.9 Å². The number of aliphatic hydroxyl groups is 1. The highest BCUT2D eigenvalue weighted by Crippen LogP contribution is 2.51. The second kappa shape index (κ2) is 10.1. The average molecular weight is 363 g/mol. The molecule has 26 heavy (non-hydrogen) atoms. The molecule has 0 aromatic carbocycles. The standard InChI is InChI=1S/C23H38O3/c1-18(2)9-7-10-19(3)11-8-12-20-13-14-23(6,22(4,5)17-20)21(25)26-16-15-24/h9,11,13,24H,7-8,10,12,14-17H2,1-6H3. The van der Waals surface area contributed by atoms with Gasteiger partial charge >= 0.3 is 5.97 Å². The highest BCUT2D eigenvalue weighted by molar-refractivity contribution is 5.78. The molecule has 0 radical (unpaired) electrons. The third-order valence-electron chi connectivity index (χ3n) is 5.79. The van der Waals surface area contributed by atoms with E-state index in [1.807, 2.05) is 6.92 Å². The van der Waals surface area contributed by atoms with Gasteiger partial charge in [0, 0.05) is 0 Å². The van der Waals surface area contributed by atoms with Crippen molar-refractivity contribution in [3.63, 3.8) is 0 Å². The fourth-order valence-electron chi connectivity index (χ4n) is 3.50. The van der Waals surface area contributed by atoms with Gasteiger partial charge in [0.25, 0.3) is 0 Å². The quantitative estimate of drug-likeness (QED) is 0.420. The van der Waals surface area contributed by atoms with Gasteiger partial charge in [-0.1, -0.05) is 48.8 Å². The van der Waals surface area contributed by atoms with Crippen LogP contribution in [-0.4, -0.2) is 24.3 Å². The number of carbonyl (C=O) groups is 1. The maximum Gasteiger partial charge on any atom is 0.312 e. The number of hydrogen-bond acceptors (Lipinski definition) is 3. The van der Waals surface area contributed by atoms with Crippen LogP contribution in [0.2, 0.25) is 0 Å². The summed E-state index contributed by atoms with van der Waals surface area (Å²) in [6, 6.07) is 0. The van der Waals surface area contributed by atoms with Crippen LogP contribution < -0.4 is 0 Å². The van der Waals surface area contributed by atoms with Crippen molar-refractivity contribution in [2.24, 2.45) is 10.8 Å². The van der Waals surface area contributed by atoms with Crippen LogP contribution in [0.5, 0.6) is 0 Å². The lowest BCUT2D eigenvalue weighted by molar-refractivity contribution is -0.164. The molecule has 1 N–H and O–H groups in total. The minimum atomic E-state index is -0.526. The van der Waals surface area contributed by atoms with Gasteiger partial charge in [-0.15, -0.1) is 0 Å². The van der Waals surface area contributed by atoms with Crippen molar-refractivity contribution in [1.82, 2.24) is 0 Å². The molecule has 0 aromatic rings. The van der Waals surface area contributed by atoms with Gasteiger partial charge in [0.1, 0.15) is 6.61 Å². The zero-order valence-corrected chi connectivity index (χ0v) is 17.7. The molecule has 0 bridgehead atoms. The number of carbonyl (C=O) groups excluding carboxylic acids is 1. The number of rotatable bonds is 9. The molecule has 0 aliphatic heterocycles. The van der Waals surface area contributed by atoms with Crippen molar-refractivity contribution in [2.45, 2.75) is 80.1 Å². The van der Waals surface area contributed by atoms with Gasteiger partial charge in [-0.25, -0.2) is 0 Å². The van der Waals surface area contributed by atoms with E-state index in [9.17, 15) is 4.79 Å². The first-order chi connectivity index (χ1) is 12.1. The Morgan fingerprint density at radius 2 is 1.88 bits per heavy atom. The molecular weight excluding hydrogens is 324 g/mol. The molecule has 1 aliphatic carbocycles. The summed E-state index contributed by atoms with van der Waals surface area (Å²) < 4.78 is 5.24. The average Bonchev–Trinajstić information content (AvgIpc) is 2.55. The van der Waals surface area contributed by atoms with Crippen LogP contribution >= 0.6 is 0 Å². The number of aliphatic hydroxyl groups excluding tert-OH is 1. The van der Waals surface area contributed by atoms with Crippen molar-refractivity contribution >= 4 is 5.97 Å². The third-order valence-corrected chi connectivity index (χ3v) is 5.79. The van der Waals surface area contributed by atoms with Crippen LogP contribution in [0.25, 0.3) is 0 Å². The summed E-state index contributed by atoms with van der Waals surface area (Å²) in [6.07, 6.45) is 12.9. The monoisotopic (exact) mass is 362 g/mol. The summed E-state index contributed by atoms with van der Waals surface area (Å²) in [6.45, 7) is 12.8.